The molecule has 0 radical (unpaired) electrons. The maximum Gasteiger partial charge on any atom is 0.325 e. The lowest BCUT2D eigenvalue weighted by molar-refractivity contribution is -0.134. The van der Waals surface area contributed by atoms with Crippen molar-refractivity contribution in [3.05, 3.63) is 0 Å². The predicted octanol–water partition coefficient (Wildman–Crippen LogP) is -0.599. The average molecular weight is 326 g/mol. The van der Waals surface area contributed by atoms with Crippen molar-refractivity contribution in [1.82, 2.24) is 20.4 Å². The van der Waals surface area contributed by atoms with Gasteiger partial charge >= 0.3 is 6.03 Å². The molecule has 4 amide bonds. The van der Waals surface area contributed by atoms with Crippen LogP contribution in [0.15, 0.2) is 0 Å². The zero-order valence-corrected chi connectivity index (χ0v) is 14.1. The summed E-state index contributed by atoms with van der Waals surface area (Å²) in [6.45, 7) is 7.13. The van der Waals surface area contributed by atoms with E-state index in [1.807, 2.05) is 0 Å². The number of hydrogen-bond acceptors (Lipinski definition) is 5. The van der Waals surface area contributed by atoms with Crippen molar-refractivity contribution in [3.63, 3.8) is 0 Å². The molecule has 1 atom stereocenters. The molecular formula is C15H26N4O4. The van der Waals surface area contributed by atoms with Crippen LogP contribution in [0.3, 0.4) is 0 Å². The second kappa shape index (κ2) is 7.27. The Kier molecular flexibility index (Phi) is 5.59. The van der Waals surface area contributed by atoms with E-state index in [4.69, 9.17) is 4.74 Å². The normalized spacial score (nSPS) is 24.1. The highest BCUT2D eigenvalue weighted by Crippen LogP contribution is 2.17. The molecule has 2 fully saturated rings. The number of amides is 4. The number of carbonyl (C=O) groups excluding carboxylic acids is 3. The van der Waals surface area contributed by atoms with E-state index in [0.29, 0.717) is 19.1 Å². The highest BCUT2D eigenvalue weighted by molar-refractivity contribution is 6.08. The van der Waals surface area contributed by atoms with Crippen LogP contribution in [0.25, 0.3) is 0 Å². The van der Waals surface area contributed by atoms with E-state index in [-0.39, 0.29) is 18.4 Å². The Labute approximate surface area is 136 Å². The van der Waals surface area contributed by atoms with Crippen LogP contribution in [-0.2, 0) is 14.3 Å². The van der Waals surface area contributed by atoms with Crippen molar-refractivity contribution in [2.75, 3.05) is 46.4 Å². The van der Waals surface area contributed by atoms with Crippen molar-refractivity contribution in [1.29, 1.82) is 0 Å². The molecule has 2 aliphatic rings. The fraction of sp³-hybridized carbons (Fsp3) is 0.800. The topological polar surface area (TPSA) is 91.0 Å². The molecule has 2 rings (SSSR count). The molecule has 0 spiro atoms. The highest BCUT2D eigenvalue weighted by atomic mass is 16.5. The van der Waals surface area contributed by atoms with Gasteiger partial charge in [-0.3, -0.25) is 14.5 Å². The summed E-state index contributed by atoms with van der Waals surface area (Å²) in [5, 5.41) is 5.39. The van der Waals surface area contributed by atoms with Crippen LogP contribution in [0.2, 0.25) is 0 Å². The van der Waals surface area contributed by atoms with Gasteiger partial charge in [-0.15, -0.1) is 0 Å². The number of methoxy groups -OCH3 is 1. The Bertz CT molecular complexity index is 480. The Balaban J connectivity index is 1.72. The summed E-state index contributed by atoms with van der Waals surface area (Å²) in [4.78, 5) is 39.0. The molecule has 8 heteroatoms. The van der Waals surface area contributed by atoms with Gasteiger partial charge in [-0.25, -0.2) is 4.79 Å². The SMILES string of the molecule is COCCN1CCC(CNC(=O)CN2C(=O)NC(C)(C)C2=O)C1. The van der Waals surface area contributed by atoms with Gasteiger partial charge in [0.05, 0.1) is 6.61 Å². The summed E-state index contributed by atoms with van der Waals surface area (Å²) in [5.41, 5.74) is -0.940. The molecule has 0 aromatic carbocycles. The molecule has 1 unspecified atom stereocenters. The quantitative estimate of drug-likeness (QED) is 0.610. The minimum absolute atomic E-state index is 0.228. The monoisotopic (exact) mass is 326 g/mol. The number of likely N-dealkylation sites (tertiary alicyclic amines) is 1. The van der Waals surface area contributed by atoms with Gasteiger partial charge in [0.15, 0.2) is 0 Å². The van der Waals surface area contributed by atoms with Gasteiger partial charge in [-0.1, -0.05) is 0 Å². The zero-order valence-electron chi connectivity index (χ0n) is 14.1. The number of imide groups is 1. The Morgan fingerprint density at radius 1 is 1.43 bits per heavy atom. The van der Waals surface area contributed by atoms with Crippen molar-refractivity contribution >= 4 is 17.8 Å². The van der Waals surface area contributed by atoms with E-state index in [9.17, 15) is 14.4 Å². The van der Waals surface area contributed by atoms with Crippen molar-refractivity contribution in [2.45, 2.75) is 25.8 Å². The van der Waals surface area contributed by atoms with Crippen LogP contribution in [0.5, 0.6) is 0 Å². The second-order valence-corrected chi connectivity index (χ2v) is 6.70. The molecule has 8 nitrogen and oxygen atoms in total. The van der Waals surface area contributed by atoms with E-state index in [1.54, 1.807) is 21.0 Å². The lowest BCUT2D eigenvalue weighted by atomic mass is 10.1. The van der Waals surface area contributed by atoms with Crippen molar-refractivity contribution in [3.8, 4) is 0 Å². The molecule has 0 aromatic heterocycles. The van der Waals surface area contributed by atoms with Crippen LogP contribution < -0.4 is 10.6 Å². The Morgan fingerprint density at radius 3 is 2.78 bits per heavy atom. The first kappa shape index (κ1) is 17.7. The molecule has 23 heavy (non-hydrogen) atoms. The van der Waals surface area contributed by atoms with Gasteiger partial charge in [0.25, 0.3) is 5.91 Å². The van der Waals surface area contributed by atoms with Gasteiger partial charge in [0, 0.05) is 26.7 Å². The van der Waals surface area contributed by atoms with Crippen LogP contribution in [0, 0.1) is 5.92 Å². The van der Waals surface area contributed by atoms with Crippen LogP contribution >= 0.6 is 0 Å². The molecule has 0 bridgehead atoms. The summed E-state index contributed by atoms with van der Waals surface area (Å²) in [6, 6.07) is -0.512. The minimum atomic E-state index is -0.940. The number of nitrogens with one attached hydrogen (secondary N) is 2. The van der Waals surface area contributed by atoms with Crippen molar-refractivity contribution in [2.24, 2.45) is 5.92 Å². The fourth-order valence-electron chi connectivity index (χ4n) is 2.92. The number of carbonyl (C=O) groups is 3. The summed E-state index contributed by atoms with van der Waals surface area (Å²) in [6.07, 6.45) is 1.03. The standard InChI is InChI=1S/C15H26N4O4/c1-15(2)13(21)19(14(22)17-15)10-12(20)16-8-11-4-5-18(9-11)6-7-23-3/h11H,4-10H2,1-3H3,(H,16,20)(H,17,22). The largest absolute Gasteiger partial charge is 0.383 e. The van der Waals surface area contributed by atoms with Gasteiger partial charge in [-0.05, 0) is 32.7 Å². The summed E-state index contributed by atoms with van der Waals surface area (Å²) in [7, 11) is 1.69. The first-order valence-corrected chi connectivity index (χ1v) is 7.95. The molecule has 2 heterocycles. The lowest BCUT2D eigenvalue weighted by Gasteiger charge is -2.17. The molecular weight excluding hydrogens is 300 g/mol. The van der Waals surface area contributed by atoms with E-state index in [2.05, 4.69) is 15.5 Å². The maximum absolute atomic E-state index is 12.0. The van der Waals surface area contributed by atoms with E-state index in [0.717, 1.165) is 31.0 Å². The molecule has 2 N–H and O–H groups in total. The fourth-order valence-corrected chi connectivity index (χ4v) is 2.92. The molecule has 2 saturated heterocycles. The molecule has 130 valence electrons. The number of nitrogens with zero attached hydrogens (tertiary/aromatic N) is 2. The van der Waals surface area contributed by atoms with Crippen LogP contribution in [-0.4, -0.2) is 79.6 Å². The highest BCUT2D eigenvalue weighted by Gasteiger charge is 2.44. The third-order valence-electron chi connectivity index (χ3n) is 4.32. The van der Waals surface area contributed by atoms with Crippen LogP contribution in [0.4, 0.5) is 4.79 Å². The van der Waals surface area contributed by atoms with Gasteiger partial charge in [0.2, 0.25) is 5.91 Å². The Morgan fingerprint density at radius 2 is 2.17 bits per heavy atom. The maximum atomic E-state index is 12.0. The first-order chi connectivity index (χ1) is 10.8. The van der Waals surface area contributed by atoms with E-state index >= 15 is 0 Å². The van der Waals surface area contributed by atoms with E-state index in [1.165, 1.54) is 0 Å². The Hall–Kier alpha value is -1.67. The number of urea groups is 1. The van der Waals surface area contributed by atoms with Crippen LogP contribution in [0.1, 0.15) is 20.3 Å². The van der Waals surface area contributed by atoms with Gasteiger partial charge in [-0.2, -0.15) is 0 Å². The zero-order chi connectivity index (χ0) is 17.0. The third kappa shape index (κ3) is 4.42. The lowest BCUT2D eigenvalue weighted by Crippen LogP contribution is -2.44. The summed E-state index contributed by atoms with van der Waals surface area (Å²) < 4.78 is 5.06. The first-order valence-electron chi connectivity index (χ1n) is 7.95. The van der Waals surface area contributed by atoms with Gasteiger partial charge < -0.3 is 20.3 Å². The smallest absolute Gasteiger partial charge is 0.325 e. The summed E-state index contributed by atoms with van der Waals surface area (Å²) in [5.74, 6) is -0.277. The number of hydrogen-bond donors (Lipinski definition) is 2. The third-order valence-corrected chi connectivity index (χ3v) is 4.32. The predicted molar refractivity (Wildman–Crippen MR) is 83.8 cm³/mol. The molecule has 0 aliphatic carbocycles. The van der Waals surface area contributed by atoms with Crippen molar-refractivity contribution < 1.29 is 19.1 Å². The minimum Gasteiger partial charge on any atom is -0.383 e. The molecule has 2 aliphatic heterocycles. The molecule has 0 aromatic rings. The molecule has 0 saturated carbocycles. The number of rotatable bonds is 7. The van der Waals surface area contributed by atoms with E-state index < -0.39 is 11.6 Å². The summed E-state index contributed by atoms with van der Waals surface area (Å²) >= 11 is 0. The van der Waals surface area contributed by atoms with Gasteiger partial charge in [0.1, 0.15) is 12.1 Å². The number of ether oxygens (including phenoxy) is 1. The second-order valence-electron chi connectivity index (χ2n) is 6.70. The average Bonchev–Trinajstić information content (AvgIpc) is 3.01.